The summed E-state index contributed by atoms with van der Waals surface area (Å²) in [6, 6.07) is 19.3. The molecule has 1 fully saturated rings. The minimum absolute atomic E-state index is 0.260. The first kappa shape index (κ1) is 18.9. The highest BCUT2D eigenvalue weighted by Gasteiger charge is 2.46. The maximum Gasteiger partial charge on any atom is 0.0991 e. The molecule has 1 N–H and O–H groups in total. The lowest BCUT2D eigenvalue weighted by molar-refractivity contribution is 0.144. The Balaban J connectivity index is 1.26. The summed E-state index contributed by atoms with van der Waals surface area (Å²) in [6.07, 6.45) is 6.27. The van der Waals surface area contributed by atoms with Crippen molar-refractivity contribution in [1.29, 1.82) is 5.26 Å². The van der Waals surface area contributed by atoms with E-state index in [-0.39, 0.29) is 5.41 Å². The molecule has 3 heterocycles. The Kier molecular flexibility index (Phi) is 4.80. The Morgan fingerprint density at radius 2 is 1.87 bits per heavy atom. The van der Waals surface area contributed by atoms with Crippen molar-refractivity contribution in [2.24, 2.45) is 0 Å². The van der Waals surface area contributed by atoms with Crippen LogP contribution in [0.25, 0.3) is 0 Å². The van der Waals surface area contributed by atoms with Gasteiger partial charge in [-0.25, -0.2) is 4.98 Å². The first-order valence-electron chi connectivity index (χ1n) is 10.7. The maximum atomic E-state index is 8.98. The van der Waals surface area contributed by atoms with Crippen LogP contribution in [0.5, 0.6) is 0 Å². The summed E-state index contributed by atoms with van der Waals surface area (Å²) in [6.45, 7) is 6.25. The van der Waals surface area contributed by atoms with Gasteiger partial charge in [-0.2, -0.15) is 5.26 Å². The Labute approximate surface area is 178 Å². The van der Waals surface area contributed by atoms with Gasteiger partial charge in [-0.05, 0) is 62.2 Å². The maximum absolute atomic E-state index is 8.98. The van der Waals surface area contributed by atoms with E-state index in [0.717, 1.165) is 26.2 Å². The van der Waals surface area contributed by atoms with Crippen molar-refractivity contribution in [2.75, 3.05) is 18.4 Å². The van der Waals surface area contributed by atoms with Crippen molar-refractivity contribution in [3.63, 3.8) is 0 Å². The third kappa shape index (κ3) is 3.28. The number of piperidine rings is 1. The summed E-state index contributed by atoms with van der Waals surface area (Å²) >= 11 is 0. The topological polar surface area (TPSA) is 56.9 Å². The average Bonchev–Trinajstić information content (AvgIpc) is 3.32. The van der Waals surface area contributed by atoms with Gasteiger partial charge in [-0.1, -0.05) is 30.3 Å². The lowest BCUT2D eigenvalue weighted by Gasteiger charge is -2.42. The second-order valence-electron chi connectivity index (χ2n) is 8.67. The Bertz CT molecular complexity index is 1070. The molecule has 1 saturated heterocycles. The van der Waals surface area contributed by atoms with Gasteiger partial charge in [0, 0.05) is 36.4 Å². The third-order valence-electron chi connectivity index (χ3n) is 7.03. The predicted molar refractivity (Wildman–Crippen MR) is 118 cm³/mol. The lowest BCUT2D eigenvalue weighted by Crippen LogP contribution is -2.47. The highest BCUT2D eigenvalue weighted by molar-refractivity contribution is 5.62. The second-order valence-corrected chi connectivity index (χ2v) is 8.67. The number of benzene rings is 2. The van der Waals surface area contributed by atoms with E-state index in [9.17, 15) is 0 Å². The highest BCUT2D eigenvalue weighted by atomic mass is 15.2. The molecule has 2 aliphatic heterocycles. The number of anilines is 1. The van der Waals surface area contributed by atoms with Crippen molar-refractivity contribution < 1.29 is 0 Å². The van der Waals surface area contributed by atoms with E-state index in [1.807, 2.05) is 36.8 Å². The summed E-state index contributed by atoms with van der Waals surface area (Å²) in [4.78, 5) is 6.96. The molecule has 30 heavy (non-hydrogen) atoms. The normalized spacial score (nSPS) is 19.9. The summed E-state index contributed by atoms with van der Waals surface area (Å²) in [5.41, 5.74) is 6.21. The highest BCUT2D eigenvalue weighted by Crippen LogP contribution is 2.47. The number of nitrogens with one attached hydrogen (secondary N) is 1. The van der Waals surface area contributed by atoms with Crippen molar-refractivity contribution in [1.82, 2.24) is 14.5 Å². The average molecular weight is 398 g/mol. The number of para-hydroxylation sites is 1. The van der Waals surface area contributed by atoms with Gasteiger partial charge < -0.3 is 9.88 Å². The molecule has 152 valence electrons. The van der Waals surface area contributed by atoms with Gasteiger partial charge in [-0.15, -0.1) is 0 Å². The smallest absolute Gasteiger partial charge is 0.0991 e. The van der Waals surface area contributed by atoms with Crippen molar-refractivity contribution >= 4 is 5.69 Å². The fourth-order valence-corrected chi connectivity index (χ4v) is 5.19. The number of nitrogens with zero attached hydrogens (tertiary/aromatic N) is 4. The molecule has 5 heteroatoms. The van der Waals surface area contributed by atoms with Crippen LogP contribution in [0.3, 0.4) is 0 Å². The number of nitriles is 1. The van der Waals surface area contributed by atoms with Crippen LogP contribution in [-0.2, 0) is 18.5 Å². The Hall–Kier alpha value is -3.10. The first-order chi connectivity index (χ1) is 14.7. The molecule has 0 saturated carbocycles. The Morgan fingerprint density at radius 3 is 2.63 bits per heavy atom. The van der Waals surface area contributed by atoms with E-state index in [0.29, 0.717) is 11.6 Å². The fraction of sp³-hybridized carbons (Fsp3) is 0.360. The van der Waals surface area contributed by atoms with Crippen LogP contribution in [0, 0.1) is 11.3 Å². The summed E-state index contributed by atoms with van der Waals surface area (Å²) in [5.74, 6) is 0. The summed E-state index contributed by atoms with van der Waals surface area (Å²) in [5, 5.41) is 12.7. The molecular weight excluding hydrogens is 370 g/mol. The van der Waals surface area contributed by atoms with Gasteiger partial charge in [-0.3, -0.25) is 4.90 Å². The van der Waals surface area contributed by atoms with Crippen LogP contribution < -0.4 is 5.32 Å². The molecule has 5 nitrogen and oxygen atoms in total. The zero-order chi connectivity index (χ0) is 20.6. The monoisotopic (exact) mass is 397 g/mol. The summed E-state index contributed by atoms with van der Waals surface area (Å²) in [7, 11) is 0. The van der Waals surface area contributed by atoms with E-state index < -0.39 is 0 Å². The van der Waals surface area contributed by atoms with Gasteiger partial charge in [0.25, 0.3) is 0 Å². The van der Waals surface area contributed by atoms with Gasteiger partial charge in [0.15, 0.2) is 0 Å². The second kappa shape index (κ2) is 7.62. The van der Waals surface area contributed by atoms with Gasteiger partial charge in [0.1, 0.15) is 0 Å². The number of rotatable bonds is 4. The van der Waals surface area contributed by atoms with E-state index >= 15 is 0 Å². The molecule has 2 aromatic carbocycles. The summed E-state index contributed by atoms with van der Waals surface area (Å²) < 4.78 is 2.22. The zero-order valence-electron chi connectivity index (χ0n) is 17.4. The fourth-order valence-electron chi connectivity index (χ4n) is 5.19. The minimum atomic E-state index is 0.260. The quantitative estimate of drug-likeness (QED) is 0.719. The van der Waals surface area contributed by atoms with Crippen molar-refractivity contribution in [3.8, 4) is 6.07 Å². The lowest BCUT2D eigenvalue weighted by atomic mass is 9.70. The zero-order valence-corrected chi connectivity index (χ0v) is 17.4. The molecule has 1 aromatic heterocycles. The van der Waals surface area contributed by atoms with Crippen LogP contribution in [0.15, 0.2) is 61.1 Å². The number of imidazole rings is 1. The number of aromatic nitrogens is 2. The molecule has 0 aliphatic carbocycles. The SMILES string of the molecule is CC1Nc2ccccc2C12CCN(Cc1cncn1Cc1ccc(C#N)cc1)CC2. The molecule has 1 spiro atoms. The van der Waals surface area contributed by atoms with E-state index in [1.54, 1.807) is 0 Å². The van der Waals surface area contributed by atoms with Crippen LogP contribution >= 0.6 is 0 Å². The molecule has 5 rings (SSSR count). The first-order valence-corrected chi connectivity index (χ1v) is 10.7. The van der Waals surface area contributed by atoms with E-state index in [2.05, 4.69) is 57.0 Å². The molecule has 0 amide bonds. The predicted octanol–water partition coefficient (Wildman–Crippen LogP) is 4.15. The van der Waals surface area contributed by atoms with Crippen LogP contribution in [0.1, 0.15) is 42.1 Å². The van der Waals surface area contributed by atoms with E-state index in [1.165, 1.54) is 35.3 Å². The number of fused-ring (bicyclic) bond motifs is 2. The minimum Gasteiger partial charge on any atom is -0.381 e. The van der Waals surface area contributed by atoms with Gasteiger partial charge >= 0.3 is 0 Å². The Morgan fingerprint density at radius 1 is 1.10 bits per heavy atom. The van der Waals surface area contributed by atoms with Crippen molar-refractivity contribution in [3.05, 3.63) is 83.4 Å². The van der Waals surface area contributed by atoms with Gasteiger partial charge in [0.2, 0.25) is 0 Å². The molecule has 3 aromatic rings. The molecule has 0 radical (unpaired) electrons. The molecule has 1 unspecified atom stereocenters. The van der Waals surface area contributed by atoms with E-state index in [4.69, 9.17) is 5.26 Å². The number of likely N-dealkylation sites (tertiary alicyclic amines) is 1. The van der Waals surface area contributed by atoms with Crippen LogP contribution in [0.2, 0.25) is 0 Å². The molecular formula is C25H27N5. The van der Waals surface area contributed by atoms with Crippen LogP contribution in [-0.4, -0.2) is 33.6 Å². The molecule has 1 atom stereocenters. The largest absolute Gasteiger partial charge is 0.381 e. The number of hydrogen-bond donors (Lipinski definition) is 1. The molecule has 2 aliphatic rings. The standard InChI is InChI=1S/C25H27N5/c1-19-25(23-4-2-3-5-24(23)28-19)10-12-29(13-11-25)17-22-15-27-18-30(22)16-21-8-6-20(14-26)7-9-21/h2-9,15,18-19,28H,10-13,16-17H2,1H3. The third-order valence-corrected chi connectivity index (χ3v) is 7.03. The van der Waals surface area contributed by atoms with Crippen molar-refractivity contribution in [2.45, 2.75) is 44.3 Å². The molecule has 0 bridgehead atoms. The van der Waals surface area contributed by atoms with Gasteiger partial charge in [0.05, 0.1) is 23.7 Å². The van der Waals surface area contributed by atoms with Crippen LogP contribution in [0.4, 0.5) is 5.69 Å². The number of hydrogen-bond acceptors (Lipinski definition) is 4.